The van der Waals surface area contributed by atoms with Crippen LogP contribution in [0.2, 0.25) is 0 Å². The van der Waals surface area contributed by atoms with E-state index < -0.39 is 0 Å². The van der Waals surface area contributed by atoms with Crippen LogP contribution in [0.3, 0.4) is 0 Å². The molecule has 142 valence electrons. The van der Waals surface area contributed by atoms with Gasteiger partial charge in [-0.25, -0.2) is 0 Å². The number of aromatic nitrogens is 3. The summed E-state index contributed by atoms with van der Waals surface area (Å²) in [7, 11) is 0. The van der Waals surface area contributed by atoms with Crippen molar-refractivity contribution in [3.63, 3.8) is 0 Å². The van der Waals surface area contributed by atoms with E-state index in [2.05, 4.69) is 57.2 Å². The third kappa shape index (κ3) is 7.17. The highest BCUT2D eigenvalue weighted by molar-refractivity contribution is 5.78. The molecule has 1 aromatic heterocycles. The average molecular weight is 349 g/mol. The van der Waals surface area contributed by atoms with E-state index in [4.69, 9.17) is 0 Å². The van der Waals surface area contributed by atoms with Gasteiger partial charge in [0, 0.05) is 12.5 Å². The smallest absolute Gasteiger partial charge is 0.223 e. The number of carbonyl (C=O) groups is 1. The van der Waals surface area contributed by atoms with E-state index in [9.17, 15) is 4.79 Å². The predicted molar refractivity (Wildman–Crippen MR) is 101 cm³/mol. The Morgan fingerprint density at radius 3 is 2.32 bits per heavy atom. The van der Waals surface area contributed by atoms with Crippen molar-refractivity contribution >= 4 is 5.91 Å². The summed E-state index contributed by atoms with van der Waals surface area (Å²) in [6.07, 6.45) is 7.59. The van der Waals surface area contributed by atoms with Crippen LogP contribution in [-0.4, -0.2) is 20.9 Å². The summed E-state index contributed by atoms with van der Waals surface area (Å²) in [5.74, 6) is 1.13. The summed E-state index contributed by atoms with van der Waals surface area (Å²) < 4.78 is 1.86. The molecule has 0 radical (unpaired) electrons. The molecule has 25 heavy (non-hydrogen) atoms. The molecule has 5 nitrogen and oxygen atoms in total. The quantitative estimate of drug-likeness (QED) is 0.868. The highest BCUT2D eigenvalue weighted by atomic mass is 16.1. The zero-order valence-corrected chi connectivity index (χ0v) is 16.9. The molecule has 2 rings (SSSR count). The second kappa shape index (κ2) is 7.88. The lowest BCUT2D eigenvalue weighted by Gasteiger charge is -2.32. The van der Waals surface area contributed by atoms with Crippen LogP contribution in [0.25, 0.3) is 0 Å². The van der Waals surface area contributed by atoms with E-state index in [-0.39, 0.29) is 17.2 Å². The van der Waals surface area contributed by atoms with Gasteiger partial charge in [0.1, 0.15) is 5.69 Å². The molecule has 0 spiro atoms. The monoisotopic (exact) mass is 348 g/mol. The maximum absolute atomic E-state index is 12.4. The second-order valence-corrected chi connectivity index (χ2v) is 10.2. The molecule has 0 aliphatic heterocycles. The van der Waals surface area contributed by atoms with Crippen molar-refractivity contribution in [3.8, 4) is 0 Å². The number of nitrogens with one attached hydrogen (secondary N) is 1. The van der Waals surface area contributed by atoms with Crippen molar-refractivity contribution in [1.82, 2.24) is 20.3 Å². The molecular weight excluding hydrogens is 312 g/mol. The summed E-state index contributed by atoms with van der Waals surface area (Å²) in [5.41, 5.74) is 1.39. The molecule has 5 heteroatoms. The van der Waals surface area contributed by atoms with Crippen LogP contribution in [0.1, 0.15) is 79.3 Å². The molecule has 1 aliphatic rings. The van der Waals surface area contributed by atoms with Crippen LogP contribution in [0.15, 0.2) is 6.20 Å². The van der Waals surface area contributed by atoms with Crippen molar-refractivity contribution in [2.45, 2.75) is 86.7 Å². The second-order valence-electron chi connectivity index (χ2n) is 10.2. The van der Waals surface area contributed by atoms with E-state index in [1.54, 1.807) is 0 Å². The highest BCUT2D eigenvalue weighted by Gasteiger charge is 2.28. The minimum absolute atomic E-state index is 0.167. The lowest BCUT2D eigenvalue weighted by molar-refractivity contribution is -0.126. The first kappa shape index (κ1) is 19.9. The topological polar surface area (TPSA) is 59.8 Å². The van der Waals surface area contributed by atoms with Gasteiger partial charge < -0.3 is 5.32 Å². The first-order chi connectivity index (χ1) is 11.5. The van der Waals surface area contributed by atoms with Gasteiger partial charge in [-0.1, -0.05) is 46.8 Å². The van der Waals surface area contributed by atoms with Crippen molar-refractivity contribution in [1.29, 1.82) is 0 Å². The standard InChI is InChI=1S/C20H36N4O/c1-19(2,3)11-15-7-9-16(10-8-15)18(25)21-12-17-13-24(23-22-17)14-20(4,5)6/h13,15-16H,7-12,14H2,1-6H3,(H,21,25). The number of amides is 1. The van der Waals surface area contributed by atoms with Gasteiger partial charge in [-0.2, -0.15) is 0 Å². The molecule has 1 amide bonds. The third-order valence-corrected chi connectivity index (χ3v) is 4.78. The molecular formula is C20H36N4O. The van der Waals surface area contributed by atoms with Crippen LogP contribution in [0, 0.1) is 22.7 Å². The van der Waals surface area contributed by atoms with Gasteiger partial charge in [-0.3, -0.25) is 9.48 Å². The molecule has 0 atom stereocenters. The number of hydrogen-bond donors (Lipinski definition) is 1. The summed E-state index contributed by atoms with van der Waals surface area (Å²) in [5, 5.41) is 11.4. The van der Waals surface area contributed by atoms with E-state index in [0.29, 0.717) is 12.0 Å². The largest absolute Gasteiger partial charge is 0.350 e. The van der Waals surface area contributed by atoms with Crippen LogP contribution in [-0.2, 0) is 17.9 Å². The molecule has 1 aliphatic carbocycles. The number of nitrogens with zero attached hydrogens (tertiary/aromatic N) is 3. The summed E-state index contributed by atoms with van der Waals surface area (Å²) in [6, 6.07) is 0. The zero-order chi connectivity index (χ0) is 18.7. The Morgan fingerprint density at radius 2 is 1.76 bits per heavy atom. The van der Waals surface area contributed by atoms with E-state index in [1.165, 1.54) is 19.3 Å². The molecule has 1 heterocycles. The molecule has 1 fully saturated rings. The van der Waals surface area contributed by atoms with Gasteiger partial charge in [-0.05, 0) is 48.9 Å². The Morgan fingerprint density at radius 1 is 1.12 bits per heavy atom. The number of hydrogen-bond acceptors (Lipinski definition) is 3. The first-order valence-corrected chi connectivity index (χ1v) is 9.68. The van der Waals surface area contributed by atoms with Crippen molar-refractivity contribution in [2.75, 3.05) is 0 Å². The molecule has 1 aromatic rings. The van der Waals surface area contributed by atoms with Gasteiger partial charge in [0.05, 0.1) is 12.7 Å². The average Bonchev–Trinajstić information content (AvgIpc) is 2.89. The Balaban J connectivity index is 1.74. The summed E-state index contributed by atoms with van der Waals surface area (Å²) in [4.78, 5) is 12.4. The Hall–Kier alpha value is -1.39. The molecule has 1 N–H and O–H groups in total. The van der Waals surface area contributed by atoms with Gasteiger partial charge in [-0.15, -0.1) is 5.10 Å². The first-order valence-electron chi connectivity index (χ1n) is 9.68. The molecule has 0 saturated heterocycles. The maximum Gasteiger partial charge on any atom is 0.223 e. The third-order valence-electron chi connectivity index (χ3n) is 4.78. The summed E-state index contributed by atoms with van der Waals surface area (Å²) in [6.45, 7) is 14.7. The molecule has 1 saturated carbocycles. The van der Waals surface area contributed by atoms with Crippen molar-refractivity contribution < 1.29 is 4.79 Å². The van der Waals surface area contributed by atoms with Crippen molar-refractivity contribution in [2.24, 2.45) is 22.7 Å². The van der Waals surface area contributed by atoms with Crippen LogP contribution in [0.5, 0.6) is 0 Å². The Kier molecular flexibility index (Phi) is 6.28. The van der Waals surface area contributed by atoms with E-state index in [0.717, 1.165) is 31.0 Å². The van der Waals surface area contributed by atoms with Gasteiger partial charge in [0.25, 0.3) is 0 Å². The van der Waals surface area contributed by atoms with Gasteiger partial charge >= 0.3 is 0 Å². The van der Waals surface area contributed by atoms with Gasteiger partial charge in [0.2, 0.25) is 5.91 Å². The Bertz CT molecular complexity index is 557. The minimum atomic E-state index is 0.167. The van der Waals surface area contributed by atoms with E-state index in [1.807, 2.05) is 10.9 Å². The lowest BCUT2D eigenvalue weighted by atomic mass is 9.74. The number of carbonyl (C=O) groups excluding carboxylic acids is 1. The fraction of sp³-hybridized carbons (Fsp3) is 0.850. The zero-order valence-electron chi connectivity index (χ0n) is 16.9. The van der Waals surface area contributed by atoms with Crippen LogP contribution < -0.4 is 5.32 Å². The molecule has 0 bridgehead atoms. The van der Waals surface area contributed by atoms with Crippen molar-refractivity contribution in [3.05, 3.63) is 11.9 Å². The van der Waals surface area contributed by atoms with Gasteiger partial charge in [0.15, 0.2) is 0 Å². The number of rotatable bonds is 5. The highest BCUT2D eigenvalue weighted by Crippen LogP contribution is 2.36. The normalized spacial score (nSPS) is 22.0. The molecule has 0 unspecified atom stereocenters. The van der Waals surface area contributed by atoms with E-state index >= 15 is 0 Å². The molecule has 0 aromatic carbocycles. The summed E-state index contributed by atoms with van der Waals surface area (Å²) >= 11 is 0. The fourth-order valence-corrected chi connectivity index (χ4v) is 3.80. The minimum Gasteiger partial charge on any atom is -0.350 e. The van der Waals surface area contributed by atoms with Crippen LogP contribution >= 0.6 is 0 Å². The SMILES string of the molecule is CC(C)(C)CC1CCC(C(=O)NCc2cn(CC(C)(C)C)nn2)CC1. The maximum atomic E-state index is 12.4. The lowest BCUT2D eigenvalue weighted by Crippen LogP contribution is -2.33. The van der Waals surface area contributed by atoms with Crippen LogP contribution in [0.4, 0.5) is 0 Å². The Labute approximate surface area is 153 Å². The predicted octanol–water partition coefficient (Wildman–Crippen LogP) is 4.18. The fourth-order valence-electron chi connectivity index (χ4n) is 3.80.